The fraction of sp³-hybridized carbons (Fsp3) is 0.105. The van der Waals surface area contributed by atoms with Gasteiger partial charge in [0.15, 0.2) is 5.76 Å². The van der Waals surface area contributed by atoms with Crippen molar-refractivity contribution < 1.29 is 14.1 Å². The molecule has 3 aromatic rings. The van der Waals surface area contributed by atoms with Crippen molar-refractivity contribution in [2.24, 2.45) is 0 Å². The molecule has 6 nitrogen and oxygen atoms in total. The first-order valence-electron chi connectivity index (χ1n) is 7.67. The number of non-ortho nitro benzene ring substituents is 1. The minimum absolute atomic E-state index is 0.00296. The molecule has 0 bridgehead atoms. The highest BCUT2D eigenvalue weighted by Gasteiger charge is 2.14. The van der Waals surface area contributed by atoms with Crippen LogP contribution in [0.4, 0.5) is 11.4 Å². The van der Waals surface area contributed by atoms with Crippen LogP contribution in [-0.4, -0.2) is 10.8 Å². The van der Waals surface area contributed by atoms with Gasteiger partial charge in [0.25, 0.3) is 11.6 Å². The van der Waals surface area contributed by atoms with Crippen LogP contribution in [0.25, 0.3) is 11.3 Å². The van der Waals surface area contributed by atoms with Crippen LogP contribution in [0.5, 0.6) is 0 Å². The molecule has 1 amide bonds. The van der Waals surface area contributed by atoms with Gasteiger partial charge in [0.1, 0.15) is 5.76 Å². The third-order valence-corrected chi connectivity index (χ3v) is 3.83. The lowest BCUT2D eigenvalue weighted by Crippen LogP contribution is -2.11. The number of amides is 1. The monoisotopic (exact) mass is 336 g/mol. The lowest BCUT2D eigenvalue weighted by atomic mass is 10.1. The van der Waals surface area contributed by atoms with Gasteiger partial charge in [-0.1, -0.05) is 12.1 Å². The second-order valence-electron chi connectivity index (χ2n) is 5.74. The largest absolute Gasteiger partial charge is 0.451 e. The summed E-state index contributed by atoms with van der Waals surface area (Å²) in [6.07, 6.45) is 0. The smallest absolute Gasteiger partial charge is 0.291 e. The molecule has 0 aliphatic carbocycles. The number of hydrogen-bond donors (Lipinski definition) is 1. The molecule has 2 aromatic carbocycles. The maximum absolute atomic E-state index is 12.4. The second-order valence-corrected chi connectivity index (χ2v) is 5.74. The van der Waals surface area contributed by atoms with Crippen molar-refractivity contribution in [2.45, 2.75) is 13.8 Å². The summed E-state index contributed by atoms with van der Waals surface area (Å²) in [7, 11) is 0. The molecule has 0 aliphatic rings. The van der Waals surface area contributed by atoms with Gasteiger partial charge in [-0.3, -0.25) is 14.9 Å². The Hall–Kier alpha value is -3.41. The van der Waals surface area contributed by atoms with Crippen molar-refractivity contribution in [2.75, 3.05) is 5.32 Å². The topological polar surface area (TPSA) is 85.4 Å². The Bertz CT molecular complexity index is 942. The van der Waals surface area contributed by atoms with Crippen LogP contribution in [-0.2, 0) is 0 Å². The lowest BCUT2D eigenvalue weighted by Gasteiger charge is -2.08. The van der Waals surface area contributed by atoms with Gasteiger partial charge in [-0.25, -0.2) is 0 Å². The van der Waals surface area contributed by atoms with E-state index in [2.05, 4.69) is 5.32 Å². The van der Waals surface area contributed by atoms with Crippen molar-refractivity contribution in [1.29, 1.82) is 0 Å². The Morgan fingerprint density at radius 2 is 1.76 bits per heavy atom. The van der Waals surface area contributed by atoms with E-state index in [1.807, 2.05) is 32.0 Å². The SMILES string of the molecule is Cc1ccc(C)c(NC(=O)c2ccc(-c3ccc([N+](=O)[O-])cc3)o2)c1. The van der Waals surface area contributed by atoms with Crippen molar-refractivity contribution >= 4 is 17.3 Å². The number of aryl methyl sites for hydroxylation is 2. The van der Waals surface area contributed by atoms with E-state index in [1.54, 1.807) is 24.3 Å². The van der Waals surface area contributed by atoms with Gasteiger partial charge < -0.3 is 9.73 Å². The molecule has 0 radical (unpaired) electrons. The molecule has 0 saturated heterocycles. The number of carbonyl (C=O) groups excluding carboxylic acids is 1. The summed E-state index contributed by atoms with van der Waals surface area (Å²) in [5.74, 6) is 0.303. The predicted octanol–water partition coefficient (Wildman–Crippen LogP) is 4.72. The zero-order valence-electron chi connectivity index (χ0n) is 13.8. The Morgan fingerprint density at radius 3 is 2.44 bits per heavy atom. The molecule has 0 atom stereocenters. The summed E-state index contributed by atoms with van der Waals surface area (Å²) in [5, 5.41) is 13.5. The van der Waals surface area contributed by atoms with Gasteiger partial charge in [0, 0.05) is 23.4 Å². The maximum atomic E-state index is 12.4. The highest BCUT2D eigenvalue weighted by Crippen LogP contribution is 2.25. The summed E-state index contributed by atoms with van der Waals surface area (Å²) in [5.41, 5.74) is 3.41. The molecule has 0 spiro atoms. The highest BCUT2D eigenvalue weighted by atomic mass is 16.6. The van der Waals surface area contributed by atoms with E-state index in [1.165, 1.54) is 12.1 Å². The summed E-state index contributed by atoms with van der Waals surface area (Å²) < 4.78 is 5.59. The first kappa shape index (κ1) is 16.4. The summed E-state index contributed by atoms with van der Waals surface area (Å²) >= 11 is 0. The Balaban J connectivity index is 1.79. The van der Waals surface area contributed by atoms with Gasteiger partial charge in [-0.05, 0) is 55.3 Å². The van der Waals surface area contributed by atoms with Gasteiger partial charge in [0.2, 0.25) is 0 Å². The quantitative estimate of drug-likeness (QED) is 0.551. The number of nitrogens with zero attached hydrogens (tertiary/aromatic N) is 1. The molecule has 6 heteroatoms. The molecular weight excluding hydrogens is 320 g/mol. The number of benzene rings is 2. The van der Waals surface area contributed by atoms with Crippen LogP contribution in [0.2, 0.25) is 0 Å². The van der Waals surface area contributed by atoms with E-state index < -0.39 is 4.92 Å². The first-order valence-corrected chi connectivity index (χ1v) is 7.67. The van der Waals surface area contributed by atoms with E-state index >= 15 is 0 Å². The number of furan rings is 1. The summed E-state index contributed by atoms with van der Waals surface area (Å²) in [6.45, 7) is 3.87. The molecular formula is C19H16N2O4. The highest BCUT2D eigenvalue weighted by molar-refractivity contribution is 6.03. The predicted molar refractivity (Wildman–Crippen MR) is 94.7 cm³/mol. The van der Waals surface area contributed by atoms with Crippen LogP contribution in [0.3, 0.4) is 0 Å². The molecule has 1 aromatic heterocycles. The van der Waals surface area contributed by atoms with Crippen LogP contribution < -0.4 is 5.32 Å². The second kappa shape index (κ2) is 6.60. The van der Waals surface area contributed by atoms with Crippen LogP contribution in [0.1, 0.15) is 21.7 Å². The van der Waals surface area contributed by atoms with Crippen molar-refractivity contribution in [3.8, 4) is 11.3 Å². The summed E-state index contributed by atoms with van der Waals surface area (Å²) in [4.78, 5) is 22.6. The number of nitrogens with one attached hydrogen (secondary N) is 1. The number of hydrogen-bond acceptors (Lipinski definition) is 4. The number of rotatable bonds is 4. The van der Waals surface area contributed by atoms with Crippen LogP contribution in [0.15, 0.2) is 59.0 Å². The molecule has 1 N–H and O–H groups in total. The standard InChI is InChI=1S/C19H16N2O4/c1-12-3-4-13(2)16(11-12)20-19(22)18-10-9-17(25-18)14-5-7-15(8-6-14)21(23)24/h3-11H,1-2H3,(H,20,22). The first-order chi connectivity index (χ1) is 11.9. The van der Waals surface area contributed by atoms with E-state index in [9.17, 15) is 14.9 Å². The van der Waals surface area contributed by atoms with Gasteiger partial charge in [-0.2, -0.15) is 0 Å². The van der Waals surface area contributed by atoms with Gasteiger partial charge in [0.05, 0.1) is 4.92 Å². The minimum Gasteiger partial charge on any atom is -0.451 e. The number of nitro benzene ring substituents is 1. The molecule has 0 saturated carbocycles. The zero-order chi connectivity index (χ0) is 18.0. The molecule has 0 unspecified atom stereocenters. The van der Waals surface area contributed by atoms with E-state index in [0.29, 0.717) is 11.3 Å². The van der Waals surface area contributed by atoms with E-state index in [-0.39, 0.29) is 17.4 Å². The Morgan fingerprint density at radius 1 is 1.04 bits per heavy atom. The van der Waals surface area contributed by atoms with Crippen LogP contribution in [0, 0.1) is 24.0 Å². The van der Waals surface area contributed by atoms with Gasteiger partial charge in [-0.15, -0.1) is 0 Å². The van der Waals surface area contributed by atoms with Crippen molar-refractivity contribution in [3.63, 3.8) is 0 Å². The van der Waals surface area contributed by atoms with Gasteiger partial charge >= 0.3 is 0 Å². The number of nitro groups is 1. The zero-order valence-corrected chi connectivity index (χ0v) is 13.8. The number of anilines is 1. The fourth-order valence-corrected chi connectivity index (χ4v) is 2.42. The van der Waals surface area contributed by atoms with E-state index in [4.69, 9.17) is 4.42 Å². The molecule has 126 valence electrons. The third kappa shape index (κ3) is 3.58. The molecule has 3 rings (SSSR count). The van der Waals surface area contributed by atoms with Crippen LogP contribution >= 0.6 is 0 Å². The molecule has 1 heterocycles. The Labute approximate surface area is 144 Å². The summed E-state index contributed by atoms with van der Waals surface area (Å²) in [6, 6.07) is 15.0. The molecule has 0 fully saturated rings. The third-order valence-electron chi connectivity index (χ3n) is 3.83. The maximum Gasteiger partial charge on any atom is 0.291 e. The normalized spacial score (nSPS) is 10.5. The Kier molecular flexibility index (Phi) is 4.35. The average Bonchev–Trinajstić information content (AvgIpc) is 3.08. The lowest BCUT2D eigenvalue weighted by molar-refractivity contribution is -0.384. The fourth-order valence-electron chi connectivity index (χ4n) is 2.42. The van der Waals surface area contributed by atoms with E-state index in [0.717, 1.165) is 16.8 Å². The average molecular weight is 336 g/mol. The molecule has 0 aliphatic heterocycles. The minimum atomic E-state index is -0.463. The van der Waals surface area contributed by atoms with Crippen molar-refractivity contribution in [1.82, 2.24) is 0 Å². The molecule has 25 heavy (non-hydrogen) atoms. The number of carbonyl (C=O) groups is 1. The van der Waals surface area contributed by atoms with Crippen molar-refractivity contribution in [3.05, 3.63) is 81.6 Å².